The van der Waals surface area contributed by atoms with E-state index in [1.165, 1.54) is 138 Å². The normalized spacial score (nSPS) is 25.3. The second-order valence-corrected chi connectivity index (χ2v) is 35.5. The van der Waals surface area contributed by atoms with Gasteiger partial charge in [0.2, 0.25) is 0 Å². The Kier molecular flexibility index (Phi) is 63.7. The van der Waals surface area contributed by atoms with Crippen molar-refractivity contribution in [3.05, 3.63) is 121 Å². The van der Waals surface area contributed by atoms with Gasteiger partial charge in [0.15, 0.2) is 0 Å². The van der Waals surface area contributed by atoms with Crippen molar-refractivity contribution in [2.75, 3.05) is 78.5 Å². The van der Waals surface area contributed by atoms with Gasteiger partial charge in [0.1, 0.15) is 0 Å². The van der Waals surface area contributed by atoms with Gasteiger partial charge < -0.3 is 19.6 Å². The summed E-state index contributed by atoms with van der Waals surface area (Å²) in [6.45, 7) is 47.0. The molecule has 8 bridgehead atoms. The molecule has 0 spiro atoms. The first kappa shape index (κ1) is 90.7. The van der Waals surface area contributed by atoms with Crippen molar-refractivity contribution in [2.45, 2.75) is 215 Å². The number of thiol groups is 1. The van der Waals surface area contributed by atoms with Gasteiger partial charge in [0.25, 0.3) is 0 Å². The molecule has 12 aliphatic heterocycles. The molecule has 12 saturated heterocycles. The summed E-state index contributed by atoms with van der Waals surface area (Å²) in [5.74, 6) is 3.76. The molecule has 15 heteroatoms. The van der Waals surface area contributed by atoms with Gasteiger partial charge in [-0.05, 0) is 176 Å². The van der Waals surface area contributed by atoms with Crippen LogP contribution in [0.25, 0.3) is 0 Å². The largest absolute Gasteiger partial charge is 0.302 e. The molecule has 86 heavy (non-hydrogen) atoms. The van der Waals surface area contributed by atoms with Crippen LogP contribution in [0.2, 0.25) is 40.2 Å². The van der Waals surface area contributed by atoms with Crippen LogP contribution in [0.5, 0.6) is 0 Å². The van der Waals surface area contributed by atoms with E-state index in [1.807, 2.05) is 120 Å². The topological polar surface area (TPSA) is 13.0 Å². The number of alkyl halides is 1. The Morgan fingerprint density at radius 2 is 0.616 bits per heavy atom. The molecule has 16 rings (SSSR count). The van der Waals surface area contributed by atoms with Crippen LogP contribution in [0.1, 0.15) is 134 Å². The SMILES string of the molecule is CC.CC.CC.CC.CC.CC.Cl.ClC1CN2CCC1CC2.Sc1ccccc1.[B]B(C)B(C)C.[CH3][Sn].[CH3][Sn]([CH3])[CH3].c1ccc(S[C@H]2CN3CCC2CC3)cc1.c1ccc(S[C@H]2CN3CCC2CC3)cc1.c1ccc(S[C@H]2CN3CCC2CC3)cc1. The van der Waals surface area contributed by atoms with Crippen molar-refractivity contribution in [3.8, 4) is 0 Å². The number of hydrogen-bond donors (Lipinski definition) is 1. The van der Waals surface area contributed by atoms with Crippen LogP contribution in [0, 0.1) is 23.7 Å². The molecule has 0 N–H and O–H groups in total. The first-order chi connectivity index (χ1) is 41.4. The third kappa shape index (κ3) is 40.6. The van der Waals surface area contributed by atoms with Gasteiger partial charge in [-0.25, -0.2) is 0 Å². The van der Waals surface area contributed by atoms with Crippen LogP contribution in [-0.4, -0.2) is 182 Å². The van der Waals surface area contributed by atoms with Gasteiger partial charge in [-0.15, -0.1) is 71.9 Å². The molecule has 12 heterocycles. The minimum absolute atomic E-state index is 0. The third-order valence-corrected chi connectivity index (χ3v) is 20.2. The molecule has 12 fully saturated rings. The van der Waals surface area contributed by atoms with Crippen LogP contribution in [0.4, 0.5) is 0 Å². The van der Waals surface area contributed by atoms with Gasteiger partial charge in [-0.3, -0.25) is 0 Å². The summed E-state index contributed by atoms with van der Waals surface area (Å²) in [5.41, 5.74) is 0. The number of piperidine rings is 12. The quantitative estimate of drug-likeness (QED) is 0.111. The summed E-state index contributed by atoms with van der Waals surface area (Å²) in [7, 11) is 5.44. The molecule has 4 nitrogen and oxygen atoms in total. The molecule has 0 saturated carbocycles. The van der Waals surface area contributed by atoms with Crippen molar-refractivity contribution in [2.24, 2.45) is 23.7 Å². The van der Waals surface area contributed by atoms with E-state index in [9.17, 15) is 0 Å². The molecule has 0 amide bonds. The Morgan fingerprint density at radius 3 is 0.744 bits per heavy atom. The molecular formula is C71H127B3Cl2N4S4Sn2. The number of benzene rings is 4. The first-order valence-corrected chi connectivity index (χ1v) is 48.8. The Labute approximate surface area is 587 Å². The van der Waals surface area contributed by atoms with Gasteiger partial charge in [-0.2, -0.15) is 0 Å². The summed E-state index contributed by atoms with van der Waals surface area (Å²) in [5, 5.41) is 2.99. The molecule has 0 aliphatic carbocycles. The summed E-state index contributed by atoms with van der Waals surface area (Å²) in [6, 6.07) is 42.4. The minimum atomic E-state index is -0.543. The van der Waals surface area contributed by atoms with Gasteiger partial charge >= 0.3 is 62.0 Å². The number of rotatable bonds is 7. The molecule has 12 aliphatic rings. The fourth-order valence-corrected chi connectivity index (χ4v) is 15.3. The van der Waals surface area contributed by atoms with Crippen molar-refractivity contribution < 1.29 is 0 Å². The first-order valence-electron chi connectivity index (χ1n) is 33.8. The van der Waals surface area contributed by atoms with Crippen LogP contribution >= 0.6 is 71.9 Å². The van der Waals surface area contributed by atoms with Gasteiger partial charge in [0, 0.05) is 74.6 Å². The van der Waals surface area contributed by atoms with E-state index in [-0.39, 0.29) is 12.4 Å². The summed E-state index contributed by atoms with van der Waals surface area (Å²) < 4.78 is 0. The number of fused-ring (bicyclic) bond motifs is 12. The van der Waals surface area contributed by atoms with E-state index in [1.54, 1.807) is 22.5 Å². The maximum Gasteiger partial charge on any atom is 0.0251 e. The zero-order chi connectivity index (χ0) is 64.4. The van der Waals surface area contributed by atoms with Crippen LogP contribution in [0.3, 0.4) is 0 Å². The Hall–Kier alpha value is 0.492. The van der Waals surface area contributed by atoms with E-state index >= 15 is 0 Å². The molecule has 4 atom stereocenters. The smallest absolute Gasteiger partial charge is 0.0251 e. The summed E-state index contributed by atoms with van der Waals surface area (Å²) in [6.07, 6.45) is 11.2. The maximum absolute atomic E-state index is 6.07. The molecule has 486 valence electrons. The Balaban J connectivity index is -0.000000929. The second kappa shape index (κ2) is 60.4. The summed E-state index contributed by atoms with van der Waals surface area (Å²) >= 11 is 17.4. The third-order valence-electron chi connectivity index (χ3n) is 15.3. The van der Waals surface area contributed by atoms with Crippen molar-refractivity contribution in [1.29, 1.82) is 0 Å². The molecule has 0 aromatic heterocycles. The minimum Gasteiger partial charge on any atom is -0.302 e. The average molecular weight is 1510 g/mol. The Morgan fingerprint density at radius 1 is 0.419 bits per heavy atom. The van der Waals surface area contributed by atoms with Crippen molar-refractivity contribution in [1.82, 2.24) is 19.6 Å². The zero-order valence-electron chi connectivity index (χ0n) is 58.3. The maximum atomic E-state index is 6.07. The molecule has 1 unspecified atom stereocenters. The predicted molar refractivity (Wildman–Crippen MR) is 413 cm³/mol. The van der Waals surface area contributed by atoms with Gasteiger partial charge in [0.05, 0.1) is 13.1 Å². The van der Waals surface area contributed by atoms with Crippen molar-refractivity contribution >= 4 is 135 Å². The van der Waals surface area contributed by atoms with Crippen molar-refractivity contribution in [3.63, 3.8) is 0 Å². The van der Waals surface area contributed by atoms with E-state index < -0.39 is 19.8 Å². The van der Waals surface area contributed by atoms with E-state index in [4.69, 9.17) is 19.3 Å². The monoisotopic (exact) mass is 1510 g/mol. The fourth-order valence-electron chi connectivity index (χ4n) is 10.5. The number of halogens is 2. The number of nitrogens with zero attached hydrogens (tertiary/aromatic N) is 4. The summed E-state index contributed by atoms with van der Waals surface area (Å²) in [4.78, 5) is 24.9. The molecule has 4 aromatic carbocycles. The van der Waals surface area contributed by atoms with E-state index in [0.29, 0.717) is 18.5 Å². The van der Waals surface area contributed by atoms with Gasteiger partial charge in [-0.1, -0.05) is 176 Å². The fraction of sp³-hybridized carbons (Fsp3) is 0.662. The van der Waals surface area contributed by atoms with Crippen LogP contribution in [-0.2, 0) is 0 Å². The van der Waals surface area contributed by atoms with E-state index in [0.717, 1.165) is 50.9 Å². The second-order valence-electron chi connectivity index (χ2n) is 21.9. The van der Waals surface area contributed by atoms with E-state index in [2.05, 4.69) is 192 Å². The number of thioether (sulfide) groups is 3. The molecule has 4 aromatic rings. The van der Waals surface area contributed by atoms with Crippen LogP contribution in [0.15, 0.2) is 141 Å². The molecule has 6 radical (unpaired) electrons. The number of hydrogen-bond acceptors (Lipinski definition) is 8. The average Bonchev–Trinajstić information content (AvgIpc) is 3.36. The zero-order valence-corrected chi connectivity index (χ0v) is 68.9. The Bertz CT molecular complexity index is 1820. The predicted octanol–water partition coefficient (Wildman–Crippen LogP) is 20.7. The van der Waals surface area contributed by atoms with Crippen LogP contribution < -0.4 is 0 Å². The standard InChI is InChI=1S/3C13H17NS.C7H12ClN.C6H6S.C3H9B3.6C2H6.4CH3.ClH.2Sn/c3*1-2-4-12(5-3-1)15-13-10-14-8-6-11(13)7-9-14;8-7-5-9-3-1-6(7)2-4-9;7-6-4-2-1-3-5-6;1-5(2)6(3)4;6*1-2;;;;;;;/h3*1-5,11,13H,6-10H2;6-7H,1-5H2;1-5,7H;1-3H3;6*1-2H3;4*1H3;1H;;/t3*13-;;;;;;;;;;;;;;;;/m000................/s1. The molecular weight excluding hydrogens is 1380 g/mol.